The fourth-order valence-corrected chi connectivity index (χ4v) is 3.63. The van der Waals surface area contributed by atoms with E-state index in [0.717, 1.165) is 0 Å². The summed E-state index contributed by atoms with van der Waals surface area (Å²) in [6.07, 6.45) is 1.88. The molecule has 1 saturated carbocycles. The minimum absolute atomic E-state index is 0.0827. The topological polar surface area (TPSA) is 66.8 Å². The molecule has 1 aromatic carbocycles. The Bertz CT molecular complexity index is 640. The fraction of sp³-hybridized carbons (Fsp3) is 0.556. The summed E-state index contributed by atoms with van der Waals surface area (Å²) in [7, 11) is 0. The molecule has 3 rings (SSSR count). The number of likely N-dealkylation sites (tertiary alicyclic amines) is 1. The van der Waals surface area contributed by atoms with E-state index in [1.165, 1.54) is 12.1 Å². The van der Waals surface area contributed by atoms with Crippen molar-refractivity contribution in [3.8, 4) is 5.75 Å². The van der Waals surface area contributed by atoms with Crippen LogP contribution in [-0.4, -0.2) is 41.1 Å². The van der Waals surface area contributed by atoms with Crippen LogP contribution in [-0.2, 0) is 9.59 Å². The second-order valence-electron chi connectivity index (χ2n) is 6.73. The molecule has 1 amide bonds. The van der Waals surface area contributed by atoms with Gasteiger partial charge in [0.1, 0.15) is 0 Å². The fourth-order valence-electron chi connectivity index (χ4n) is 3.63. The number of carboxylic acid groups (broad SMARTS) is 1. The first kappa shape index (κ1) is 16.7. The third-order valence-electron chi connectivity index (χ3n) is 5.31. The average molecular weight is 335 g/mol. The minimum Gasteiger partial charge on any atom is -0.481 e. The van der Waals surface area contributed by atoms with Gasteiger partial charge in [-0.05, 0) is 43.2 Å². The van der Waals surface area contributed by atoms with E-state index in [4.69, 9.17) is 9.84 Å². The maximum Gasteiger partial charge on any atom is 0.307 e. The Morgan fingerprint density at radius 2 is 2.04 bits per heavy atom. The van der Waals surface area contributed by atoms with E-state index in [9.17, 15) is 14.0 Å². The maximum atomic E-state index is 13.7. The molecule has 2 fully saturated rings. The Morgan fingerprint density at radius 1 is 1.38 bits per heavy atom. The van der Waals surface area contributed by atoms with E-state index in [2.05, 4.69) is 0 Å². The number of rotatable bonds is 5. The van der Waals surface area contributed by atoms with E-state index in [0.29, 0.717) is 38.8 Å². The van der Waals surface area contributed by atoms with Crippen molar-refractivity contribution in [2.75, 3.05) is 13.1 Å². The standard InChI is InChI=1S/C18H22FNO4/c1-2-14(24-15-6-4-3-5-13(15)19)16(21)20-9-7-18(8-10-20)11-12(18)17(22)23/h3-6,12,14H,2,7-11H2,1H3,(H,22,23). The van der Waals surface area contributed by atoms with Gasteiger partial charge >= 0.3 is 5.97 Å². The van der Waals surface area contributed by atoms with Crippen LogP contribution in [0.2, 0.25) is 0 Å². The second kappa shape index (κ2) is 6.42. The molecule has 1 heterocycles. The van der Waals surface area contributed by atoms with Gasteiger partial charge < -0.3 is 14.7 Å². The van der Waals surface area contributed by atoms with Crippen molar-refractivity contribution < 1.29 is 23.8 Å². The maximum absolute atomic E-state index is 13.7. The summed E-state index contributed by atoms with van der Waals surface area (Å²) >= 11 is 0. The van der Waals surface area contributed by atoms with E-state index >= 15 is 0 Å². The lowest BCUT2D eigenvalue weighted by atomic mass is 9.90. The number of para-hydroxylation sites is 1. The number of benzene rings is 1. The third-order valence-corrected chi connectivity index (χ3v) is 5.31. The van der Waals surface area contributed by atoms with Crippen molar-refractivity contribution in [2.45, 2.75) is 38.7 Å². The quantitative estimate of drug-likeness (QED) is 0.898. The predicted molar refractivity (Wildman–Crippen MR) is 85.1 cm³/mol. The van der Waals surface area contributed by atoms with Gasteiger partial charge in [0, 0.05) is 13.1 Å². The molecule has 2 aliphatic rings. The first-order chi connectivity index (χ1) is 11.5. The zero-order valence-corrected chi connectivity index (χ0v) is 13.7. The zero-order chi connectivity index (χ0) is 17.3. The lowest BCUT2D eigenvalue weighted by Crippen LogP contribution is -2.46. The number of amides is 1. The minimum atomic E-state index is -0.732. The van der Waals surface area contributed by atoms with Gasteiger partial charge in [0.15, 0.2) is 17.7 Å². The number of nitrogens with zero attached hydrogens (tertiary/aromatic N) is 1. The van der Waals surface area contributed by atoms with Gasteiger partial charge in [-0.25, -0.2) is 4.39 Å². The van der Waals surface area contributed by atoms with Crippen molar-refractivity contribution in [1.82, 2.24) is 4.90 Å². The summed E-state index contributed by atoms with van der Waals surface area (Å²) in [5, 5.41) is 9.13. The number of ether oxygens (including phenoxy) is 1. The number of carbonyl (C=O) groups is 2. The van der Waals surface area contributed by atoms with Gasteiger partial charge in [-0.1, -0.05) is 19.1 Å². The summed E-state index contributed by atoms with van der Waals surface area (Å²) in [5.74, 6) is -1.54. The van der Waals surface area contributed by atoms with Crippen LogP contribution in [0.3, 0.4) is 0 Å². The summed E-state index contributed by atoms with van der Waals surface area (Å²) < 4.78 is 19.3. The van der Waals surface area contributed by atoms with Crippen LogP contribution in [0.5, 0.6) is 5.75 Å². The summed E-state index contributed by atoms with van der Waals surface area (Å²) in [5.41, 5.74) is -0.114. The van der Waals surface area contributed by atoms with Crippen molar-refractivity contribution in [3.05, 3.63) is 30.1 Å². The van der Waals surface area contributed by atoms with Gasteiger partial charge in [0.2, 0.25) is 0 Å². The number of hydrogen-bond donors (Lipinski definition) is 1. The Morgan fingerprint density at radius 3 is 2.58 bits per heavy atom. The summed E-state index contributed by atoms with van der Waals surface area (Å²) in [4.78, 5) is 25.5. The van der Waals surface area contributed by atoms with E-state index < -0.39 is 17.9 Å². The Labute approximate surface area is 140 Å². The molecule has 2 unspecified atom stereocenters. The van der Waals surface area contributed by atoms with E-state index in [1.54, 1.807) is 17.0 Å². The molecule has 1 saturated heterocycles. The van der Waals surface area contributed by atoms with Gasteiger partial charge in [0.25, 0.3) is 5.91 Å². The highest BCUT2D eigenvalue weighted by molar-refractivity contribution is 5.81. The van der Waals surface area contributed by atoms with Gasteiger partial charge in [-0.15, -0.1) is 0 Å². The molecule has 130 valence electrons. The molecule has 0 bridgehead atoms. The molecule has 1 aromatic rings. The molecular weight excluding hydrogens is 313 g/mol. The zero-order valence-electron chi connectivity index (χ0n) is 13.7. The van der Waals surface area contributed by atoms with Crippen molar-refractivity contribution in [1.29, 1.82) is 0 Å². The van der Waals surface area contributed by atoms with Crippen molar-refractivity contribution in [3.63, 3.8) is 0 Å². The number of carbonyl (C=O) groups excluding carboxylic acids is 1. The third kappa shape index (κ3) is 3.09. The molecule has 1 aliphatic carbocycles. The number of piperidine rings is 1. The van der Waals surface area contributed by atoms with Crippen LogP contribution in [0, 0.1) is 17.2 Å². The molecule has 0 aromatic heterocycles. The molecule has 24 heavy (non-hydrogen) atoms. The highest BCUT2D eigenvalue weighted by Gasteiger charge is 2.59. The van der Waals surface area contributed by atoms with Crippen LogP contribution >= 0.6 is 0 Å². The molecular formula is C18H22FNO4. The largest absolute Gasteiger partial charge is 0.481 e. The van der Waals surface area contributed by atoms with Crippen molar-refractivity contribution in [2.24, 2.45) is 11.3 Å². The Hall–Kier alpha value is -2.11. The molecule has 2 atom stereocenters. The number of halogens is 1. The predicted octanol–water partition coefficient (Wildman–Crippen LogP) is 2.70. The monoisotopic (exact) mass is 335 g/mol. The molecule has 6 heteroatoms. The summed E-state index contributed by atoms with van der Waals surface area (Å²) in [6, 6.07) is 6.05. The Balaban J connectivity index is 1.60. The highest BCUT2D eigenvalue weighted by atomic mass is 19.1. The average Bonchev–Trinajstić information content (AvgIpc) is 3.28. The van der Waals surface area contributed by atoms with Crippen LogP contribution in [0.15, 0.2) is 24.3 Å². The first-order valence-corrected chi connectivity index (χ1v) is 8.39. The number of carboxylic acids is 1. The SMILES string of the molecule is CCC(Oc1ccccc1F)C(=O)N1CCC2(CC1)CC2C(=O)O. The Kier molecular flexibility index (Phi) is 4.47. The molecule has 1 spiro atoms. The second-order valence-corrected chi connectivity index (χ2v) is 6.73. The van der Waals surface area contributed by atoms with E-state index in [-0.39, 0.29) is 23.0 Å². The molecule has 1 aliphatic heterocycles. The van der Waals surface area contributed by atoms with E-state index in [1.807, 2.05) is 6.92 Å². The normalized spacial score (nSPS) is 22.9. The smallest absolute Gasteiger partial charge is 0.307 e. The first-order valence-electron chi connectivity index (χ1n) is 8.39. The van der Waals surface area contributed by atoms with Crippen molar-refractivity contribution >= 4 is 11.9 Å². The molecule has 0 radical (unpaired) electrons. The van der Waals surface area contributed by atoms with Gasteiger partial charge in [-0.2, -0.15) is 0 Å². The van der Waals surface area contributed by atoms with Gasteiger partial charge in [-0.3, -0.25) is 9.59 Å². The van der Waals surface area contributed by atoms with Crippen LogP contribution in [0.25, 0.3) is 0 Å². The van der Waals surface area contributed by atoms with Gasteiger partial charge in [0.05, 0.1) is 5.92 Å². The van der Waals surface area contributed by atoms with Crippen LogP contribution < -0.4 is 4.74 Å². The highest BCUT2D eigenvalue weighted by Crippen LogP contribution is 2.59. The lowest BCUT2D eigenvalue weighted by molar-refractivity contribution is -0.141. The summed E-state index contributed by atoms with van der Waals surface area (Å²) in [6.45, 7) is 2.91. The molecule has 1 N–H and O–H groups in total. The number of aliphatic carboxylic acids is 1. The number of hydrogen-bond acceptors (Lipinski definition) is 3. The lowest BCUT2D eigenvalue weighted by Gasteiger charge is -2.34. The molecule has 5 nitrogen and oxygen atoms in total. The van der Waals surface area contributed by atoms with Crippen LogP contribution in [0.1, 0.15) is 32.6 Å². The van der Waals surface area contributed by atoms with Crippen LogP contribution in [0.4, 0.5) is 4.39 Å².